The van der Waals surface area contributed by atoms with Crippen LogP contribution in [0, 0.1) is 0 Å². The molecule has 0 radical (unpaired) electrons. The molecule has 2 N–H and O–H groups in total. The average molecular weight is 326 g/mol. The molecule has 0 saturated carbocycles. The predicted octanol–water partition coefficient (Wildman–Crippen LogP) is 1.83. The van der Waals surface area contributed by atoms with Gasteiger partial charge in [0.25, 0.3) is 5.91 Å². The molecule has 2 aromatic carbocycles. The predicted molar refractivity (Wildman–Crippen MR) is 92.1 cm³/mol. The Labute approximate surface area is 141 Å². The van der Waals surface area contributed by atoms with Gasteiger partial charge in [-0.3, -0.25) is 9.69 Å². The summed E-state index contributed by atoms with van der Waals surface area (Å²) in [6.45, 7) is 2.95. The van der Waals surface area contributed by atoms with Crippen molar-refractivity contribution in [2.45, 2.75) is 25.0 Å². The molecule has 126 valence electrons. The fraction of sp³-hybridized carbons (Fsp3) is 0.421. The van der Waals surface area contributed by atoms with Crippen LogP contribution in [0.3, 0.4) is 0 Å². The number of benzene rings is 2. The van der Waals surface area contributed by atoms with Crippen molar-refractivity contribution in [3.63, 3.8) is 0 Å². The molecule has 0 spiro atoms. The summed E-state index contributed by atoms with van der Waals surface area (Å²) in [5.74, 6) is -0.0645. The molecule has 0 aromatic heterocycles. The van der Waals surface area contributed by atoms with E-state index in [1.165, 1.54) is 0 Å². The zero-order chi connectivity index (χ0) is 16.7. The van der Waals surface area contributed by atoms with Crippen molar-refractivity contribution in [2.24, 2.45) is 0 Å². The molecule has 2 fully saturated rings. The number of phenolic OH excluding ortho intramolecular Hbond substituents is 1. The monoisotopic (exact) mass is 326 g/mol. The first-order chi connectivity index (χ1) is 11.6. The van der Waals surface area contributed by atoms with Crippen molar-refractivity contribution >= 4 is 16.7 Å². The number of aliphatic hydroxyl groups is 1. The van der Waals surface area contributed by atoms with Crippen molar-refractivity contribution in [1.82, 2.24) is 9.80 Å². The van der Waals surface area contributed by atoms with Crippen molar-refractivity contribution in [1.29, 1.82) is 0 Å². The van der Waals surface area contributed by atoms with Crippen molar-refractivity contribution in [2.75, 3.05) is 26.2 Å². The molecule has 0 bridgehead atoms. The zero-order valence-electron chi connectivity index (χ0n) is 13.6. The van der Waals surface area contributed by atoms with Gasteiger partial charge in [0, 0.05) is 32.2 Å². The largest absolute Gasteiger partial charge is 0.507 e. The molecule has 0 aliphatic carbocycles. The summed E-state index contributed by atoms with van der Waals surface area (Å²) >= 11 is 0. The second-order valence-electron chi connectivity index (χ2n) is 6.81. The van der Waals surface area contributed by atoms with Gasteiger partial charge < -0.3 is 15.1 Å². The number of aromatic hydroxyl groups is 1. The molecule has 24 heavy (non-hydrogen) atoms. The third-order valence-electron chi connectivity index (χ3n) is 5.28. The van der Waals surface area contributed by atoms with Gasteiger partial charge in [0.15, 0.2) is 0 Å². The van der Waals surface area contributed by atoms with E-state index in [2.05, 4.69) is 4.90 Å². The molecule has 4 rings (SSSR count). The third-order valence-corrected chi connectivity index (χ3v) is 5.28. The summed E-state index contributed by atoms with van der Waals surface area (Å²) in [4.78, 5) is 17.1. The lowest BCUT2D eigenvalue weighted by Gasteiger charge is -2.24. The lowest BCUT2D eigenvalue weighted by molar-refractivity contribution is 0.0777. The van der Waals surface area contributed by atoms with E-state index >= 15 is 0 Å². The maximum Gasteiger partial charge on any atom is 0.258 e. The highest BCUT2D eigenvalue weighted by Crippen LogP contribution is 2.30. The Morgan fingerprint density at radius 1 is 1.04 bits per heavy atom. The van der Waals surface area contributed by atoms with Gasteiger partial charge >= 0.3 is 0 Å². The molecule has 2 atom stereocenters. The number of carbonyl (C=O) groups is 1. The van der Waals surface area contributed by atoms with Gasteiger partial charge in [-0.2, -0.15) is 0 Å². The maximum atomic E-state index is 13.0. The fourth-order valence-corrected chi connectivity index (χ4v) is 3.97. The Morgan fingerprint density at radius 3 is 2.67 bits per heavy atom. The van der Waals surface area contributed by atoms with Crippen LogP contribution in [0.5, 0.6) is 5.75 Å². The zero-order valence-corrected chi connectivity index (χ0v) is 13.6. The van der Waals surface area contributed by atoms with Crippen LogP contribution in [-0.4, -0.2) is 64.2 Å². The van der Waals surface area contributed by atoms with Crippen molar-refractivity contribution in [3.05, 3.63) is 42.0 Å². The molecule has 2 heterocycles. The second-order valence-corrected chi connectivity index (χ2v) is 6.81. The topological polar surface area (TPSA) is 64.0 Å². The van der Waals surface area contributed by atoms with Crippen LogP contribution in [0.2, 0.25) is 0 Å². The average Bonchev–Trinajstić information content (AvgIpc) is 3.23. The number of phenols is 1. The second kappa shape index (κ2) is 6.07. The van der Waals surface area contributed by atoms with E-state index in [-0.39, 0.29) is 17.8 Å². The first kappa shape index (κ1) is 15.4. The quantitative estimate of drug-likeness (QED) is 0.884. The van der Waals surface area contributed by atoms with E-state index in [1.54, 1.807) is 6.07 Å². The molecule has 5 heteroatoms. The SMILES string of the molecule is O=C(c1c(O)ccc2ccccc12)N1CCC(N2CCC(O)C2)C1. The lowest BCUT2D eigenvalue weighted by atomic mass is 10.0. The molecule has 5 nitrogen and oxygen atoms in total. The van der Waals surface area contributed by atoms with Crippen LogP contribution in [-0.2, 0) is 0 Å². The van der Waals surface area contributed by atoms with E-state index in [9.17, 15) is 15.0 Å². The number of hydrogen-bond acceptors (Lipinski definition) is 4. The van der Waals surface area contributed by atoms with Gasteiger partial charge in [-0.25, -0.2) is 0 Å². The first-order valence-corrected chi connectivity index (χ1v) is 8.55. The van der Waals surface area contributed by atoms with Crippen molar-refractivity contribution in [3.8, 4) is 5.75 Å². The van der Waals surface area contributed by atoms with Crippen LogP contribution < -0.4 is 0 Å². The van der Waals surface area contributed by atoms with E-state index in [1.807, 2.05) is 35.2 Å². The number of amides is 1. The summed E-state index contributed by atoms with van der Waals surface area (Å²) in [6, 6.07) is 11.4. The van der Waals surface area contributed by atoms with Crippen molar-refractivity contribution < 1.29 is 15.0 Å². The van der Waals surface area contributed by atoms with E-state index in [4.69, 9.17) is 0 Å². The minimum absolute atomic E-state index is 0.0405. The van der Waals surface area contributed by atoms with Crippen LogP contribution in [0.25, 0.3) is 10.8 Å². The Kier molecular flexibility index (Phi) is 3.90. The summed E-state index contributed by atoms with van der Waals surface area (Å²) in [6.07, 6.45) is 1.50. The molecule has 2 aliphatic heterocycles. The van der Waals surface area contributed by atoms with Gasteiger partial charge in [0.05, 0.1) is 11.7 Å². The molecular formula is C19H22N2O3. The number of fused-ring (bicyclic) bond motifs is 1. The number of likely N-dealkylation sites (tertiary alicyclic amines) is 2. The van der Waals surface area contributed by atoms with Crippen LogP contribution in [0.1, 0.15) is 23.2 Å². The maximum absolute atomic E-state index is 13.0. The highest BCUT2D eigenvalue weighted by Gasteiger charge is 2.35. The van der Waals surface area contributed by atoms with Crippen LogP contribution >= 0.6 is 0 Å². The number of aliphatic hydroxyl groups excluding tert-OH is 1. The number of carbonyl (C=O) groups excluding carboxylic acids is 1. The normalized spacial score (nSPS) is 24.8. The third kappa shape index (κ3) is 2.64. The highest BCUT2D eigenvalue weighted by atomic mass is 16.3. The fourth-order valence-electron chi connectivity index (χ4n) is 3.97. The Hall–Kier alpha value is -2.11. The summed E-state index contributed by atoms with van der Waals surface area (Å²) < 4.78 is 0. The summed E-state index contributed by atoms with van der Waals surface area (Å²) in [5, 5.41) is 21.7. The van der Waals surface area contributed by atoms with Gasteiger partial charge in [-0.1, -0.05) is 30.3 Å². The van der Waals surface area contributed by atoms with Gasteiger partial charge in [0.1, 0.15) is 5.75 Å². The number of nitrogens with zero attached hydrogens (tertiary/aromatic N) is 2. The Morgan fingerprint density at radius 2 is 1.88 bits per heavy atom. The van der Waals surface area contributed by atoms with Gasteiger partial charge in [-0.15, -0.1) is 0 Å². The minimum atomic E-state index is -0.239. The number of rotatable bonds is 2. The standard InChI is InChI=1S/C19H22N2O3/c22-15-8-10-20(12-15)14-7-9-21(11-14)19(24)18-16-4-2-1-3-13(16)5-6-17(18)23/h1-6,14-15,22-23H,7-12H2. The Bertz CT molecular complexity index is 776. The van der Waals surface area contributed by atoms with E-state index in [0.29, 0.717) is 31.2 Å². The minimum Gasteiger partial charge on any atom is -0.507 e. The molecule has 2 unspecified atom stereocenters. The van der Waals surface area contributed by atoms with Crippen LogP contribution in [0.15, 0.2) is 36.4 Å². The lowest BCUT2D eigenvalue weighted by Crippen LogP contribution is -2.38. The van der Waals surface area contributed by atoms with E-state index < -0.39 is 0 Å². The van der Waals surface area contributed by atoms with Crippen LogP contribution in [0.4, 0.5) is 0 Å². The summed E-state index contributed by atoms with van der Waals surface area (Å²) in [5.41, 5.74) is 0.398. The number of hydrogen-bond donors (Lipinski definition) is 2. The smallest absolute Gasteiger partial charge is 0.258 e. The summed E-state index contributed by atoms with van der Waals surface area (Å²) in [7, 11) is 0. The van der Waals surface area contributed by atoms with Gasteiger partial charge in [0.2, 0.25) is 0 Å². The van der Waals surface area contributed by atoms with E-state index in [0.717, 1.165) is 30.2 Å². The Balaban J connectivity index is 1.58. The molecule has 1 amide bonds. The number of β-amino-alcohol motifs (C(OH)–C–C–N with tert-alkyl or cyclic N) is 1. The highest BCUT2D eigenvalue weighted by molar-refractivity contribution is 6.09. The first-order valence-electron chi connectivity index (χ1n) is 8.55. The van der Waals surface area contributed by atoms with Gasteiger partial charge in [-0.05, 0) is 29.7 Å². The molecule has 2 saturated heterocycles. The molecule has 2 aliphatic rings. The molecular weight excluding hydrogens is 304 g/mol. The molecule has 2 aromatic rings.